The van der Waals surface area contributed by atoms with Crippen LogP contribution in [-0.4, -0.2) is 26.3 Å². The smallest absolute Gasteiger partial charge is 0.161 e. The van der Waals surface area contributed by atoms with Crippen molar-refractivity contribution < 1.29 is 9.47 Å². The first-order valence-electron chi connectivity index (χ1n) is 6.57. The molecule has 1 atom stereocenters. The van der Waals surface area contributed by atoms with E-state index in [9.17, 15) is 0 Å². The second kappa shape index (κ2) is 7.27. The van der Waals surface area contributed by atoms with Crippen molar-refractivity contribution in [2.24, 2.45) is 0 Å². The highest BCUT2D eigenvalue weighted by molar-refractivity contribution is 5.43. The maximum absolute atomic E-state index is 5.70. The first-order chi connectivity index (χ1) is 8.56. The van der Waals surface area contributed by atoms with Crippen molar-refractivity contribution in [3.05, 3.63) is 23.8 Å². The van der Waals surface area contributed by atoms with Crippen LogP contribution in [0.25, 0.3) is 0 Å². The second-order valence-electron chi connectivity index (χ2n) is 4.88. The van der Waals surface area contributed by atoms with Gasteiger partial charge < -0.3 is 14.8 Å². The van der Waals surface area contributed by atoms with E-state index < -0.39 is 0 Å². The Kier molecular flexibility index (Phi) is 5.99. The first-order valence-corrected chi connectivity index (χ1v) is 6.57. The molecule has 1 aromatic rings. The Balaban J connectivity index is 2.72. The first kappa shape index (κ1) is 14.8. The van der Waals surface area contributed by atoms with Crippen molar-refractivity contribution in [1.82, 2.24) is 5.32 Å². The van der Waals surface area contributed by atoms with Gasteiger partial charge in [0, 0.05) is 6.04 Å². The molecule has 18 heavy (non-hydrogen) atoms. The lowest BCUT2D eigenvalue weighted by Gasteiger charge is -2.15. The Morgan fingerprint density at radius 3 is 2.44 bits per heavy atom. The summed E-state index contributed by atoms with van der Waals surface area (Å²) in [6.45, 7) is 6.22. The third-order valence-corrected chi connectivity index (χ3v) is 2.95. The molecule has 0 aliphatic carbocycles. The van der Waals surface area contributed by atoms with Crippen LogP contribution >= 0.6 is 0 Å². The molecule has 0 radical (unpaired) electrons. The van der Waals surface area contributed by atoms with Gasteiger partial charge in [-0.2, -0.15) is 0 Å². The van der Waals surface area contributed by atoms with Crippen LogP contribution in [0.1, 0.15) is 32.8 Å². The van der Waals surface area contributed by atoms with Gasteiger partial charge in [-0.1, -0.05) is 6.07 Å². The molecule has 0 fully saturated rings. The van der Waals surface area contributed by atoms with Gasteiger partial charge in [0.2, 0.25) is 0 Å². The van der Waals surface area contributed by atoms with Gasteiger partial charge >= 0.3 is 0 Å². The van der Waals surface area contributed by atoms with Gasteiger partial charge in [-0.25, -0.2) is 0 Å². The zero-order valence-electron chi connectivity index (χ0n) is 12.1. The molecule has 0 saturated carbocycles. The Morgan fingerprint density at radius 1 is 1.17 bits per heavy atom. The number of hydrogen-bond donors (Lipinski definition) is 1. The van der Waals surface area contributed by atoms with Gasteiger partial charge in [-0.15, -0.1) is 0 Å². The summed E-state index contributed by atoms with van der Waals surface area (Å²) in [5.74, 6) is 1.64. The highest BCUT2D eigenvalue weighted by atomic mass is 16.5. The summed E-state index contributed by atoms with van der Waals surface area (Å²) >= 11 is 0. The quantitative estimate of drug-likeness (QED) is 0.808. The Morgan fingerprint density at radius 2 is 1.89 bits per heavy atom. The van der Waals surface area contributed by atoms with E-state index in [4.69, 9.17) is 9.47 Å². The molecule has 0 amide bonds. The van der Waals surface area contributed by atoms with Crippen LogP contribution in [0.5, 0.6) is 11.5 Å². The molecular formula is C15H25NO2. The Hall–Kier alpha value is -1.22. The lowest BCUT2D eigenvalue weighted by molar-refractivity contribution is 0.230. The lowest BCUT2D eigenvalue weighted by Crippen LogP contribution is -2.21. The number of rotatable bonds is 7. The second-order valence-corrected chi connectivity index (χ2v) is 4.88. The molecule has 102 valence electrons. The number of hydrogen-bond acceptors (Lipinski definition) is 3. The largest absolute Gasteiger partial charge is 0.493 e. The summed E-state index contributed by atoms with van der Waals surface area (Å²) in [5, 5.41) is 3.25. The zero-order valence-corrected chi connectivity index (χ0v) is 12.1. The van der Waals surface area contributed by atoms with E-state index in [1.807, 2.05) is 27.0 Å². The Labute approximate surface area is 110 Å². The minimum Gasteiger partial charge on any atom is -0.493 e. The summed E-state index contributed by atoms with van der Waals surface area (Å²) in [6, 6.07) is 6.71. The number of benzene rings is 1. The fourth-order valence-electron chi connectivity index (χ4n) is 1.75. The van der Waals surface area contributed by atoms with Crippen molar-refractivity contribution in [1.29, 1.82) is 0 Å². The maximum Gasteiger partial charge on any atom is 0.161 e. The minimum atomic E-state index is 0.161. The molecule has 1 unspecified atom stereocenters. The topological polar surface area (TPSA) is 30.5 Å². The van der Waals surface area contributed by atoms with E-state index in [0.717, 1.165) is 24.3 Å². The molecular weight excluding hydrogens is 226 g/mol. The summed E-state index contributed by atoms with van der Waals surface area (Å²) < 4.78 is 11.1. The molecule has 0 spiro atoms. The summed E-state index contributed by atoms with van der Waals surface area (Å²) in [7, 11) is 3.67. The molecule has 0 heterocycles. The lowest BCUT2D eigenvalue weighted by atomic mass is 10.1. The minimum absolute atomic E-state index is 0.161. The molecule has 0 bridgehead atoms. The van der Waals surface area contributed by atoms with Gasteiger partial charge in [0.25, 0.3) is 0 Å². The van der Waals surface area contributed by atoms with Crippen LogP contribution in [0, 0.1) is 0 Å². The maximum atomic E-state index is 5.70. The van der Waals surface area contributed by atoms with Crippen LogP contribution in [0.2, 0.25) is 0 Å². The average Bonchev–Trinajstić information content (AvgIpc) is 2.36. The van der Waals surface area contributed by atoms with Gasteiger partial charge in [-0.05, 0) is 58.4 Å². The fraction of sp³-hybridized carbons (Fsp3) is 0.600. The zero-order chi connectivity index (χ0) is 13.5. The van der Waals surface area contributed by atoms with Crippen LogP contribution in [0.4, 0.5) is 0 Å². The number of methoxy groups -OCH3 is 1. The van der Waals surface area contributed by atoms with E-state index >= 15 is 0 Å². The molecule has 1 rings (SSSR count). The predicted octanol–water partition coefficient (Wildman–Crippen LogP) is 3.02. The molecule has 0 saturated heterocycles. The van der Waals surface area contributed by atoms with Crippen LogP contribution in [0.3, 0.4) is 0 Å². The van der Waals surface area contributed by atoms with Gasteiger partial charge in [-0.3, -0.25) is 0 Å². The third-order valence-electron chi connectivity index (χ3n) is 2.95. The summed E-state index contributed by atoms with van der Waals surface area (Å²) in [5.41, 5.74) is 1.28. The molecule has 0 aliphatic rings. The normalized spacial score (nSPS) is 12.6. The van der Waals surface area contributed by atoms with Crippen molar-refractivity contribution in [2.45, 2.75) is 45.8 Å². The molecule has 1 aromatic carbocycles. The SMILES string of the molecule is CNC(C)CCc1ccc(OC(C)C)c(OC)c1. The number of nitrogens with one attached hydrogen (secondary N) is 1. The van der Waals surface area contributed by atoms with Crippen LogP contribution < -0.4 is 14.8 Å². The van der Waals surface area contributed by atoms with E-state index in [-0.39, 0.29) is 6.10 Å². The van der Waals surface area contributed by atoms with Crippen molar-refractivity contribution in [3.63, 3.8) is 0 Å². The molecule has 0 aromatic heterocycles. The number of aryl methyl sites for hydroxylation is 1. The van der Waals surface area contributed by atoms with E-state index in [1.165, 1.54) is 5.56 Å². The molecule has 1 N–H and O–H groups in total. The highest BCUT2D eigenvalue weighted by Gasteiger charge is 2.08. The number of ether oxygens (including phenoxy) is 2. The summed E-state index contributed by atoms with van der Waals surface area (Å²) in [4.78, 5) is 0. The van der Waals surface area contributed by atoms with Gasteiger partial charge in [0.05, 0.1) is 13.2 Å². The van der Waals surface area contributed by atoms with E-state index in [2.05, 4.69) is 24.4 Å². The molecule has 3 nitrogen and oxygen atoms in total. The van der Waals surface area contributed by atoms with Gasteiger partial charge in [0.15, 0.2) is 11.5 Å². The predicted molar refractivity (Wildman–Crippen MR) is 75.6 cm³/mol. The van der Waals surface area contributed by atoms with Crippen LogP contribution in [-0.2, 0) is 6.42 Å². The fourth-order valence-corrected chi connectivity index (χ4v) is 1.75. The molecule has 0 aliphatic heterocycles. The summed E-state index contributed by atoms with van der Waals surface area (Å²) in [6.07, 6.45) is 2.32. The van der Waals surface area contributed by atoms with Crippen LogP contribution in [0.15, 0.2) is 18.2 Å². The monoisotopic (exact) mass is 251 g/mol. The van der Waals surface area contributed by atoms with Gasteiger partial charge in [0.1, 0.15) is 0 Å². The third kappa shape index (κ3) is 4.57. The average molecular weight is 251 g/mol. The van der Waals surface area contributed by atoms with Crippen molar-refractivity contribution in [3.8, 4) is 11.5 Å². The highest BCUT2D eigenvalue weighted by Crippen LogP contribution is 2.29. The van der Waals surface area contributed by atoms with Crippen molar-refractivity contribution in [2.75, 3.05) is 14.2 Å². The van der Waals surface area contributed by atoms with E-state index in [1.54, 1.807) is 7.11 Å². The standard InChI is InChI=1S/C15H25NO2/c1-11(2)18-14-9-8-13(10-15(14)17-5)7-6-12(3)16-4/h8-12,16H,6-7H2,1-5H3. The molecule has 3 heteroatoms. The van der Waals surface area contributed by atoms with E-state index in [0.29, 0.717) is 6.04 Å². The van der Waals surface area contributed by atoms with Crippen molar-refractivity contribution >= 4 is 0 Å². The Bertz CT molecular complexity index is 364.